The maximum absolute atomic E-state index is 5.85. The Hall–Kier alpha value is -1.02. The second-order valence-corrected chi connectivity index (χ2v) is 3.07. The van der Waals surface area contributed by atoms with Gasteiger partial charge in [-0.1, -0.05) is 13.0 Å². The van der Waals surface area contributed by atoms with Crippen LogP contribution in [0, 0.1) is 0 Å². The second kappa shape index (κ2) is 2.24. The molecule has 0 fully saturated rings. The Morgan fingerprint density at radius 2 is 2.36 bits per heavy atom. The lowest BCUT2D eigenvalue weighted by atomic mass is 9.89. The Morgan fingerprint density at radius 3 is 3.18 bits per heavy atom. The molecule has 2 atom stereocenters. The van der Waals surface area contributed by atoms with Crippen LogP contribution in [0.2, 0.25) is 0 Å². The van der Waals surface area contributed by atoms with Crippen molar-refractivity contribution in [2.45, 2.75) is 18.9 Å². The molecule has 1 aromatic heterocycles. The Balaban J connectivity index is 2.48. The first-order valence-corrected chi connectivity index (χ1v) is 3.90. The average Bonchev–Trinajstić information content (AvgIpc) is 2.45. The maximum Gasteiger partial charge on any atom is 0.0413 e. The molecular weight excluding hydrogens is 136 g/mol. The van der Waals surface area contributed by atoms with Crippen molar-refractivity contribution in [1.82, 2.24) is 4.98 Å². The molecule has 1 aliphatic rings. The van der Waals surface area contributed by atoms with Crippen molar-refractivity contribution < 1.29 is 0 Å². The number of fused-ring (bicyclic) bond motifs is 1. The van der Waals surface area contributed by atoms with Crippen molar-refractivity contribution in [3.8, 4) is 0 Å². The first-order chi connectivity index (χ1) is 5.29. The van der Waals surface area contributed by atoms with Crippen molar-refractivity contribution in [3.05, 3.63) is 29.6 Å². The lowest BCUT2D eigenvalue weighted by Gasteiger charge is -2.20. The van der Waals surface area contributed by atoms with E-state index in [1.54, 1.807) is 0 Å². The van der Waals surface area contributed by atoms with Crippen molar-refractivity contribution in [3.63, 3.8) is 0 Å². The predicted molar refractivity (Wildman–Crippen MR) is 46.2 cm³/mol. The maximum atomic E-state index is 5.85. The molecule has 2 rings (SSSR count). The summed E-state index contributed by atoms with van der Waals surface area (Å²) in [5.41, 5.74) is 8.39. The molecule has 0 radical (unpaired) electrons. The van der Waals surface area contributed by atoms with Crippen LogP contribution in [0.5, 0.6) is 0 Å². The van der Waals surface area contributed by atoms with Crippen molar-refractivity contribution in [1.29, 1.82) is 0 Å². The minimum absolute atomic E-state index is 0.179. The Kier molecular flexibility index (Phi) is 1.36. The van der Waals surface area contributed by atoms with Gasteiger partial charge in [0, 0.05) is 23.9 Å². The van der Waals surface area contributed by atoms with Crippen LogP contribution in [0.15, 0.2) is 18.3 Å². The Labute approximate surface area is 66.1 Å². The molecule has 0 spiro atoms. The molecule has 2 unspecified atom stereocenters. The number of aromatic nitrogens is 1. The standard InChI is InChI=1S/C9H12N2/c1-6-7-4-5-11-9(7)3-2-8(6)10/h2-6,8,11H,10H2,1H3. The fourth-order valence-corrected chi connectivity index (χ4v) is 1.52. The summed E-state index contributed by atoms with van der Waals surface area (Å²) in [5, 5.41) is 0. The van der Waals surface area contributed by atoms with E-state index in [9.17, 15) is 0 Å². The van der Waals surface area contributed by atoms with E-state index in [1.165, 1.54) is 11.3 Å². The predicted octanol–water partition coefficient (Wildman–Crippen LogP) is 1.47. The summed E-state index contributed by atoms with van der Waals surface area (Å²) in [7, 11) is 0. The molecule has 3 N–H and O–H groups in total. The van der Waals surface area contributed by atoms with Crippen LogP contribution < -0.4 is 5.73 Å². The molecule has 2 heteroatoms. The third kappa shape index (κ3) is 0.906. The first-order valence-electron chi connectivity index (χ1n) is 3.90. The lowest BCUT2D eigenvalue weighted by Crippen LogP contribution is -2.26. The van der Waals surface area contributed by atoms with Gasteiger partial charge in [0.25, 0.3) is 0 Å². The molecule has 1 aromatic rings. The monoisotopic (exact) mass is 148 g/mol. The fraction of sp³-hybridized carbons (Fsp3) is 0.333. The van der Waals surface area contributed by atoms with Crippen LogP contribution in [0.4, 0.5) is 0 Å². The Bertz CT molecular complexity index is 286. The van der Waals surface area contributed by atoms with Gasteiger partial charge in [-0.15, -0.1) is 0 Å². The minimum Gasteiger partial charge on any atom is -0.361 e. The number of nitrogens with one attached hydrogen (secondary N) is 1. The Morgan fingerprint density at radius 1 is 1.55 bits per heavy atom. The molecule has 11 heavy (non-hydrogen) atoms. The average molecular weight is 148 g/mol. The molecule has 0 aromatic carbocycles. The highest BCUT2D eigenvalue weighted by Gasteiger charge is 2.19. The van der Waals surface area contributed by atoms with Gasteiger partial charge in [0.05, 0.1) is 0 Å². The smallest absolute Gasteiger partial charge is 0.0413 e. The van der Waals surface area contributed by atoms with Crippen LogP contribution in [0.3, 0.4) is 0 Å². The number of nitrogens with two attached hydrogens (primary N) is 1. The number of rotatable bonds is 0. The third-order valence-corrected chi connectivity index (χ3v) is 2.37. The first kappa shape index (κ1) is 6.68. The molecule has 1 heterocycles. The summed E-state index contributed by atoms with van der Waals surface area (Å²) < 4.78 is 0. The molecule has 0 amide bonds. The van der Waals surface area contributed by atoms with Gasteiger partial charge in [0.1, 0.15) is 0 Å². The van der Waals surface area contributed by atoms with E-state index in [0.717, 1.165) is 0 Å². The van der Waals surface area contributed by atoms with E-state index in [-0.39, 0.29) is 6.04 Å². The van der Waals surface area contributed by atoms with Crippen molar-refractivity contribution >= 4 is 6.08 Å². The van der Waals surface area contributed by atoms with Crippen molar-refractivity contribution in [2.75, 3.05) is 0 Å². The van der Waals surface area contributed by atoms with Crippen LogP contribution in [-0.4, -0.2) is 11.0 Å². The van der Waals surface area contributed by atoms with E-state index < -0.39 is 0 Å². The molecule has 0 bridgehead atoms. The van der Waals surface area contributed by atoms with Gasteiger partial charge in [-0.3, -0.25) is 0 Å². The second-order valence-electron chi connectivity index (χ2n) is 3.07. The molecule has 1 aliphatic carbocycles. The highest BCUT2D eigenvalue weighted by Crippen LogP contribution is 2.27. The quantitative estimate of drug-likeness (QED) is 0.574. The number of H-pyrrole nitrogens is 1. The molecular formula is C9H12N2. The zero-order valence-corrected chi connectivity index (χ0v) is 6.54. The largest absolute Gasteiger partial charge is 0.361 e. The zero-order valence-electron chi connectivity index (χ0n) is 6.54. The summed E-state index contributed by atoms with van der Waals surface area (Å²) in [5.74, 6) is 0.446. The van der Waals surface area contributed by atoms with Crippen LogP contribution >= 0.6 is 0 Å². The van der Waals surface area contributed by atoms with Gasteiger partial charge in [-0.05, 0) is 17.7 Å². The van der Waals surface area contributed by atoms with E-state index >= 15 is 0 Å². The minimum atomic E-state index is 0.179. The van der Waals surface area contributed by atoms with Gasteiger partial charge in [-0.2, -0.15) is 0 Å². The summed E-state index contributed by atoms with van der Waals surface area (Å²) in [6.45, 7) is 2.15. The van der Waals surface area contributed by atoms with Crippen LogP contribution in [0.1, 0.15) is 24.1 Å². The van der Waals surface area contributed by atoms with E-state index in [1.807, 2.05) is 12.3 Å². The summed E-state index contributed by atoms with van der Waals surface area (Å²) in [6, 6.07) is 2.28. The number of hydrogen-bond acceptors (Lipinski definition) is 1. The number of hydrogen-bond donors (Lipinski definition) is 2. The SMILES string of the molecule is CC1c2cc[nH]c2C=CC1N. The van der Waals surface area contributed by atoms with Crippen molar-refractivity contribution in [2.24, 2.45) is 5.73 Å². The summed E-state index contributed by atoms with van der Waals surface area (Å²) in [4.78, 5) is 3.17. The van der Waals surface area contributed by atoms with Gasteiger partial charge in [-0.25, -0.2) is 0 Å². The fourth-order valence-electron chi connectivity index (χ4n) is 1.52. The summed E-state index contributed by atoms with van der Waals surface area (Å²) >= 11 is 0. The van der Waals surface area contributed by atoms with Gasteiger partial charge in [0.2, 0.25) is 0 Å². The van der Waals surface area contributed by atoms with E-state index in [0.29, 0.717) is 5.92 Å². The molecule has 0 aliphatic heterocycles. The lowest BCUT2D eigenvalue weighted by molar-refractivity contribution is 0.658. The summed E-state index contributed by atoms with van der Waals surface area (Å²) in [6.07, 6.45) is 6.06. The van der Waals surface area contributed by atoms with E-state index in [4.69, 9.17) is 5.73 Å². The highest BCUT2D eigenvalue weighted by molar-refractivity contribution is 5.55. The van der Waals surface area contributed by atoms with Crippen LogP contribution in [0.25, 0.3) is 6.08 Å². The van der Waals surface area contributed by atoms with Crippen LogP contribution in [-0.2, 0) is 0 Å². The van der Waals surface area contributed by atoms with Gasteiger partial charge < -0.3 is 10.7 Å². The molecule has 2 nitrogen and oxygen atoms in total. The zero-order chi connectivity index (χ0) is 7.84. The van der Waals surface area contributed by atoms with Gasteiger partial charge >= 0.3 is 0 Å². The molecule has 58 valence electrons. The molecule has 0 saturated carbocycles. The highest BCUT2D eigenvalue weighted by atomic mass is 14.7. The third-order valence-electron chi connectivity index (χ3n) is 2.37. The normalized spacial score (nSPS) is 28.5. The number of aromatic amines is 1. The topological polar surface area (TPSA) is 41.8 Å². The molecule has 0 saturated heterocycles. The van der Waals surface area contributed by atoms with E-state index in [2.05, 4.69) is 24.1 Å². The van der Waals surface area contributed by atoms with Gasteiger partial charge in [0.15, 0.2) is 0 Å².